The largest absolute Gasteiger partial charge is 0.466 e. The summed E-state index contributed by atoms with van der Waals surface area (Å²) >= 11 is 0. The van der Waals surface area contributed by atoms with Crippen LogP contribution in [0.1, 0.15) is 240 Å². The van der Waals surface area contributed by atoms with Crippen LogP contribution < -0.4 is 0 Å². The molecule has 1 N–H and O–H groups in total. The van der Waals surface area contributed by atoms with E-state index in [1.54, 1.807) is 0 Å². The van der Waals surface area contributed by atoms with Crippen molar-refractivity contribution in [2.24, 2.45) is 0 Å². The lowest BCUT2D eigenvalue weighted by molar-refractivity contribution is -0.160. The molecule has 0 spiro atoms. The fourth-order valence-electron chi connectivity index (χ4n) is 6.77. The van der Waals surface area contributed by atoms with Gasteiger partial charge in [0.2, 0.25) is 0 Å². The molecule has 0 bridgehead atoms. The minimum Gasteiger partial charge on any atom is -0.466 e. The van der Waals surface area contributed by atoms with Crippen molar-refractivity contribution in [2.75, 3.05) is 13.2 Å². The molecule has 0 fully saturated rings. The molecule has 324 valence electrons. The second-order valence-corrected chi connectivity index (χ2v) is 15.8. The second-order valence-electron chi connectivity index (χ2n) is 15.8. The van der Waals surface area contributed by atoms with Crippen molar-refractivity contribution in [1.82, 2.24) is 0 Å². The highest BCUT2D eigenvalue weighted by Crippen LogP contribution is 2.19. The van der Waals surface area contributed by atoms with E-state index in [2.05, 4.69) is 27.7 Å². The summed E-state index contributed by atoms with van der Waals surface area (Å²) in [6, 6.07) is 0. The molecule has 0 rings (SSSR count). The van der Waals surface area contributed by atoms with Crippen LogP contribution in [0.15, 0.2) is 0 Å². The molecule has 0 radical (unpaired) electrons. The fourth-order valence-corrected chi connectivity index (χ4v) is 6.77. The number of carbonyl (C=O) groups excluding carboxylic acids is 4. The van der Waals surface area contributed by atoms with Gasteiger partial charge in [-0.25, -0.2) is 4.79 Å². The van der Waals surface area contributed by atoms with E-state index in [1.165, 1.54) is 103 Å². The summed E-state index contributed by atoms with van der Waals surface area (Å²) in [6.45, 7) is 9.11. The van der Waals surface area contributed by atoms with E-state index in [0.717, 1.165) is 51.4 Å². The summed E-state index contributed by atoms with van der Waals surface area (Å²) in [5.74, 6) is -1.82. The number of ether oxygens (including phenoxy) is 4. The zero-order valence-corrected chi connectivity index (χ0v) is 36.2. The Bertz CT molecular complexity index is 908. The summed E-state index contributed by atoms with van der Waals surface area (Å²) < 4.78 is 22.1. The number of aliphatic hydroxyl groups excluding tert-OH is 1. The molecule has 0 aromatic heterocycles. The van der Waals surface area contributed by atoms with Crippen molar-refractivity contribution in [1.29, 1.82) is 0 Å². The molecule has 0 amide bonds. The molecule has 3 unspecified atom stereocenters. The monoisotopic (exact) mass is 783 g/mol. The second kappa shape index (κ2) is 40.1. The third-order valence-electron chi connectivity index (χ3n) is 10.3. The van der Waals surface area contributed by atoms with Gasteiger partial charge in [-0.05, 0) is 89.9 Å². The maximum Gasteiger partial charge on any atom is 0.335 e. The average Bonchev–Trinajstić information content (AvgIpc) is 3.16. The van der Waals surface area contributed by atoms with Crippen LogP contribution in [-0.2, 0) is 38.1 Å². The average molecular weight is 783 g/mol. The topological polar surface area (TPSA) is 125 Å². The van der Waals surface area contributed by atoms with Crippen LogP contribution >= 0.6 is 0 Å². The number of carbonyl (C=O) groups is 4. The van der Waals surface area contributed by atoms with E-state index in [9.17, 15) is 24.3 Å². The normalized spacial score (nSPS) is 12.9. The molecule has 0 aliphatic carbocycles. The van der Waals surface area contributed by atoms with Crippen molar-refractivity contribution in [3.05, 3.63) is 0 Å². The maximum atomic E-state index is 12.5. The molecule has 3 atom stereocenters. The van der Waals surface area contributed by atoms with E-state index in [-0.39, 0.29) is 37.4 Å². The molecule has 0 heterocycles. The van der Waals surface area contributed by atoms with E-state index in [0.29, 0.717) is 51.4 Å². The Morgan fingerprint density at radius 3 is 1.13 bits per heavy atom. The van der Waals surface area contributed by atoms with Gasteiger partial charge in [-0.1, -0.05) is 130 Å². The molecule has 9 nitrogen and oxygen atoms in total. The summed E-state index contributed by atoms with van der Waals surface area (Å²) in [7, 11) is 0. The van der Waals surface area contributed by atoms with E-state index in [1.807, 2.05) is 0 Å². The van der Waals surface area contributed by atoms with Crippen molar-refractivity contribution >= 4 is 23.9 Å². The minimum atomic E-state index is -1.58. The van der Waals surface area contributed by atoms with Gasteiger partial charge in [0.1, 0.15) is 12.2 Å². The molecule has 0 aromatic carbocycles. The fraction of sp³-hybridized carbons (Fsp3) is 0.913. The lowest BCUT2D eigenvalue weighted by Gasteiger charge is -2.18. The van der Waals surface area contributed by atoms with E-state index < -0.39 is 24.5 Å². The Labute approximate surface area is 337 Å². The highest BCUT2D eigenvalue weighted by molar-refractivity contribution is 5.81. The molecule has 0 saturated carbocycles. The van der Waals surface area contributed by atoms with E-state index >= 15 is 0 Å². The summed E-state index contributed by atoms with van der Waals surface area (Å²) in [5.41, 5.74) is 0. The molecule has 9 heteroatoms. The minimum absolute atomic E-state index is 0.00245. The Kier molecular flexibility index (Phi) is 38.5. The lowest BCUT2D eigenvalue weighted by Crippen LogP contribution is -2.27. The quantitative estimate of drug-likeness (QED) is 0.0366. The molecule has 0 aliphatic heterocycles. The van der Waals surface area contributed by atoms with Crippen LogP contribution in [0.5, 0.6) is 0 Å². The van der Waals surface area contributed by atoms with Gasteiger partial charge >= 0.3 is 23.9 Å². The zero-order chi connectivity index (χ0) is 40.6. The van der Waals surface area contributed by atoms with Crippen LogP contribution in [0, 0.1) is 0 Å². The Hall–Kier alpha value is -2.16. The van der Waals surface area contributed by atoms with Crippen molar-refractivity contribution < 1.29 is 43.2 Å². The van der Waals surface area contributed by atoms with Crippen molar-refractivity contribution in [3.8, 4) is 0 Å². The lowest BCUT2D eigenvalue weighted by atomic mass is 10.0. The summed E-state index contributed by atoms with van der Waals surface area (Å²) in [6.07, 6.45) is 30.3. The van der Waals surface area contributed by atoms with Crippen molar-refractivity contribution in [2.45, 2.75) is 258 Å². The Balaban J connectivity index is 4.14. The first-order valence-electron chi connectivity index (χ1n) is 23.2. The van der Waals surface area contributed by atoms with Gasteiger partial charge in [-0.3, -0.25) is 14.4 Å². The molecule has 0 saturated heterocycles. The molecular formula is C46H86O9. The Morgan fingerprint density at radius 1 is 0.400 bits per heavy atom. The summed E-state index contributed by atoms with van der Waals surface area (Å²) in [4.78, 5) is 49.4. The van der Waals surface area contributed by atoms with Crippen LogP contribution in [0.2, 0.25) is 0 Å². The number of aliphatic hydroxyl groups is 1. The van der Waals surface area contributed by atoms with Gasteiger partial charge in [0.15, 0.2) is 6.10 Å². The van der Waals surface area contributed by atoms with Crippen LogP contribution in [0.3, 0.4) is 0 Å². The van der Waals surface area contributed by atoms with Crippen molar-refractivity contribution in [3.63, 3.8) is 0 Å². The van der Waals surface area contributed by atoms with Gasteiger partial charge < -0.3 is 24.1 Å². The highest BCUT2D eigenvalue weighted by atomic mass is 16.6. The van der Waals surface area contributed by atoms with Gasteiger partial charge in [0, 0.05) is 12.8 Å². The van der Waals surface area contributed by atoms with E-state index in [4.69, 9.17) is 18.9 Å². The predicted octanol–water partition coefficient (Wildman–Crippen LogP) is 12.2. The molecular weight excluding hydrogens is 696 g/mol. The molecule has 55 heavy (non-hydrogen) atoms. The first-order chi connectivity index (χ1) is 26.8. The van der Waals surface area contributed by atoms with Crippen LogP contribution in [-0.4, -0.2) is 60.5 Å². The number of unbranched alkanes of at least 4 members (excludes halogenated alkanes) is 20. The third kappa shape index (κ3) is 36.0. The van der Waals surface area contributed by atoms with Gasteiger partial charge in [0.05, 0.1) is 19.6 Å². The zero-order valence-electron chi connectivity index (χ0n) is 36.2. The highest BCUT2D eigenvalue weighted by Gasteiger charge is 2.22. The number of hydrogen-bond acceptors (Lipinski definition) is 9. The molecule has 0 aromatic rings. The molecule has 0 aliphatic rings. The number of hydrogen-bond donors (Lipinski definition) is 1. The van der Waals surface area contributed by atoms with Gasteiger partial charge in [-0.15, -0.1) is 0 Å². The SMILES string of the molecule is CCCCCCCCC(CCCCCC)OC(=O)CCCCCOC(=O)CC(O)C(=O)OCCCCCC(=O)OC(CCCCCC)CCCCCCCC. The maximum absolute atomic E-state index is 12.5. The van der Waals surface area contributed by atoms with Gasteiger partial charge in [0.25, 0.3) is 0 Å². The smallest absolute Gasteiger partial charge is 0.335 e. The third-order valence-corrected chi connectivity index (χ3v) is 10.3. The standard InChI is InChI=1S/C46H86O9/c1-5-9-13-17-19-25-33-40(31-23-15-11-7-3)54-43(48)35-27-21-29-37-52-45(50)39-42(47)46(51)53-38-30-22-28-36-44(49)55-41(32-24-16-12-8-4)34-26-20-18-14-10-6-2/h40-42,47H,5-39H2,1-4H3. The first kappa shape index (κ1) is 52.8. The van der Waals surface area contributed by atoms with Crippen LogP contribution in [0.25, 0.3) is 0 Å². The summed E-state index contributed by atoms with van der Waals surface area (Å²) in [5, 5.41) is 10.1. The first-order valence-corrected chi connectivity index (χ1v) is 23.2. The Morgan fingerprint density at radius 2 is 0.727 bits per heavy atom. The predicted molar refractivity (Wildman–Crippen MR) is 223 cm³/mol. The number of esters is 4. The number of rotatable bonds is 41. The van der Waals surface area contributed by atoms with Gasteiger partial charge in [-0.2, -0.15) is 0 Å². The van der Waals surface area contributed by atoms with Crippen LogP contribution in [0.4, 0.5) is 0 Å².